The van der Waals surface area contributed by atoms with Gasteiger partial charge in [-0.1, -0.05) is 30.9 Å². The zero-order valence-corrected chi connectivity index (χ0v) is 18.4. The van der Waals surface area contributed by atoms with Crippen LogP contribution in [0.4, 0.5) is 4.39 Å². The molecule has 3 rings (SSSR count). The van der Waals surface area contributed by atoms with E-state index in [0.29, 0.717) is 5.41 Å². The van der Waals surface area contributed by atoms with Gasteiger partial charge in [0.25, 0.3) is 5.91 Å². The van der Waals surface area contributed by atoms with Crippen molar-refractivity contribution in [3.8, 4) is 5.75 Å². The van der Waals surface area contributed by atoms with Gasteiger partial charge in [-0.3, -0.25) is 4.79 Å². The van der Waals surface area contributed by atoms with Crippen molar-refractivity contribution in [1.82, 2.24) is 9.03 Å². The van der Waals surface area contributed by atoms with Crippen LogP contribution in [-0.2, 0) is 10.2 Å². The second kappa shape index (κ2) is 8.78. The summed E-state index contributed by atoms with van der Waals surface area (Å²) in [6.07, 6.45) is 10.5. The summed E-state index contributed by atoms with van der Waals surface area (Å²) in [5, 5.41) is 0.0803. The van der Waals surface area contributed by atoms with E-state index >= 15 is 0 Å². The summed E-state index contributed by atoms with van der Waals surface area (Å²) in [5.41, 5.74) is 0.00473. The van der Waals surface area contributed by atoms with Crippen LogP contribution in [0.3, 0.4) is 0 Å². The molecule has 1 aromatic carbocycles. The van der Waals surface area contributed by atoms with Gasteiger partial charge in [0.15, 0.2) is 0 Å². The monoisotopic (exact) mass is 446 g/mol. The largest absolute Gasteiger partial charge is 0.489 e. The third-order valence-electron chi connectivity index (χ3n) is 6.17. The summed E-state index contributed by atoms with van der Waals surface area (Å²) in [4.78, 5) is 12.2. The number of carbonyl (C=O) groups excluding carboxylic acids is 1. The second-order valence-corrected chi connectivity index (χ2v) is 10.7. The highest BCUT2D eigenvalue weighted by molar-refractivity contribution is 7.87. The van der Waals surface area contributed by atoms with Crippen LogP contribution < -0.4 is 9.46 Å². The van der Waals surface area contributed by atoms with E-state index < -0.39 is 27.5 Å². The highest BCUT2D eigenvalue weighted by atomic mass is 35.5. The number of hydrogen-bond acceptors (Lipinski definition) is 4. The molecule has 1 amide bonds. The van der Waals surface area contributed by atoms with Gasteiger partial charge in [-0.05, 0) is 50.0 Å². The fourth-order valence-electron chi connectivity index (χ4n) is 4.36. The highest BCUT2D eigenvalue weighted by Crippen LogP contribution is 2.48. The van der Waals surface area contributed by atoms with Gasteiger partial charge in [0, 0.05) is 20.2 Å². The first-order valence-electron chi connectivity index (χ1n) is 10.0. The maximum Gasteiger partial charge on any atom is 0.303 e. The van der Waals surface area contributed by atoms with E-state index in [1.165, 1.54) is 46.2 Å². The molecule has 0 radical (unpaired) electrons. The predicted molar refractivity (Wildman–Crippen MR) is 110 cm³/mol. The standard InChI is InChI=1S/C20H28ClFN2O4S/c1-24(2)29(26,27)23-19(25)15-12-16(21)18(13-17(15)22)28-14-6-10-20(11-7-14)8-4-3-5-9-20/h12-14H,3-11H2,1-2H3,(H,23,25). The molecule has 0 saturated heterocycles. The molecule has 29 heavy (non-hydrogen) atoms. The average molecular weight is 447 g/mol. The van der Waals surface area contributed by atoms with E-state index in [1.54, 1.807) is 4.72 Å². The first-order chi connectivity index (χ1) is 13.6. The lowest BCUT2D eigenvalue weighted by atomic mass is 9.65. The molecule has 2 saturated carbocycles. The Morgan fingerprint density at radius 1 is 1.17 bits per heavy atom. The minimum Gasteiger partial charge on any atom is -0.489 e. The van der Waals surface area contributed by atoms with Crippen LogP contribution in [-0.4, -0.2) is 38.8 Å². The van der Waals surface area contributed by atoms with Crippen molar-refractivity contribution in [1.29, 1.82) is 0 Å². The van der Waals surface area contributed by atoms with Gasteiger partial charge >= 0.3 is 10.2 Å². The lowest BCUT2D eigenvalue weighted by Gasteiger charge is -2.42. The molecule has 1 spiro atoms. The first kappa shape index (κ1) is 22.3. The van der Waals surface area contributed by atoms with Crippen molar-refractivity contribution in [3.05, 3.63) is 28.5 Å². The third-order valence-corrected chi connectivity index (χ3v) is 7.87. The van der Waals surface area contributed by atoms with Crippen molar-refractivity contribution in [2.45, 2.75) is 63.9 Å². The van der Waals surface area contributed by atoms with E-state index in [4.69, 9.17) is 16.3 Å². The number of hydrogen-bond donors (Lipinski definition) is 1. The number of amides is 1. The van der Waals surface area contributed by atoms with Crippen molar-refractivity contribution >= 4 is 27.7 Å². The number of carbonyl (C=O) groups is 1. The van der Waals surface area contributed by atoms with E-state index in [1.807, 2.05) is 0 Å². The van der Waals surface area contributed by atoms with Crippen LogP contribution in [0, 0.1) is 11.2 Å². The number of halogens is 2. The van der Waals surface area contributed by atoms with Crippen LogP contribution >= 0.6 is 11.6 Å². The zero-order valence-electron chi connectivity index (χ0n) is 16.8. The number of nitrogens with one attached hydrogen (secondary N) is 1. The zero-order chi connectivity index (χ0) is 21.2. The van der Waals surface area contributed by atoms with E-state index in [-0.39, 0.29) is 16.9 Å². The molecule has 0 heterocycles. The Bertz CT molecular complexity index is 859. The van der Waals surface area contributed by atoms with Gasteiger partial charge in [-0.25, -0.2) is 9.11 Å². The number of benzene rings is 1. The SMILES string of the molecule is CN(C)S(=O)(=O)NC(=O)c1cc(Cl)c(OC2CCC3(CCCCC3)CC2)cc1F. The fraction of sp³-hybridized carbons (Fsp3) is 0.650. The van der Waals surface area contributed by atoms with E-state index in [2.05, 4.69) is 0 Å². The van der Waals surface area contributed by atoms with Gasteiger partial charge in [0.2, 0.25) is 0 Å². The summed E-state index contributed by atoms with van der Waals surface area (Å²) in [6, 6.07) is 2.17. The topological polar surface area (TPSA) is 75.7 Å². The molecular formula is C20H28ClFN2O4S. The molecule has 2 fully saturated rings. The van der Waals surface area contributed by atoms with Crippen LogP contribution in [0.15, 0.2) is 12.1 Å². The molecule has 2 aliphatic rings. The highest BCUT2D eigenvalue weighted by Gasteiger charge is 2.37. The minimum atomic E-state index is -4.03. The molecule has 0 unspecified atom stereocenters. The minimum absolute atomic E-state index is 0.0340. The fourth-order valence-corrected chi connectivity index (χ4v) is 5.09. The molecule has 0 aliphatic heterocycles. The van der Waals surface area contributed by atoms with Gasteiger partial charge in [-0.15, -0.1) is 0 Å². The smallest absolute Gasteiger partial charge is 0.303 e. The maximum absolute atomic E-state index is 14.5. The Morgan fingerprint density at radius 3 is 2.38 bits per heavy atom. The van der Waals surface area contributed by atoms with Gasteiger partial charge < -0.3 is 4.74 Å². The quantitative estimate of drug-likeness (QED) is 0.732. The Labute approximate surface area is 176 Å². The number of nitrogens with zero attached hydrogens (tertiary/aromatic N) is 1. The molecule has 0 aromatic heterocycles. The first-order valence-corrected chi connectivity index (χ1v) is 11.8. The Balaban J connectivity index is 1.66. The third kappa shape index (κ3) is 5.22. The van der Waals surface area contributed by atoms with E-state index in [0.717, 1.165) is 42.1 Å². The Hall–Kier alpha value is -1.38. The predicted octanol–water partition coefficient (Wildman–Crippen LogP) is 4.29. The maximum atomic E-state index is 14.5. The molecule has 9 heteroatoms. The van der Waals surface area contributed by atoms with Crippen LogP contribution in [0.1, 0.15) is 68.1 Å². The summed E-state index contributed by atoms with van der Waals surface area (Å²) in [5.74, 6) is -1.78. The number of ether oxygens (including phenoxy) is 1. The normalized spacial score (nSPS) is 20.0. The molecule has 0 atom stereocenters. The Kier molecular flexibility index (Phi) is 6.75. The van der Waals surface area contributed by atoms with Crippen LogP contribution in [0.2, 0.25) is 5.02 Å². The second-order valence-electron chi connectivity index (χ2n) is 8.36. The molecule has 1 N–H and O–H groups in total. The molecule has 2 aliphatic carbocycles. The lowest BCUT2D eigenvalue weighted by molar-refractivity contribution is 0.0522. The van der Waals surface area contributed by atoms with Crippen molar-refractivity contribution in [3.63, 3.8) is 0 Å². The summed E-state index contributed by atoms with van der Waals surface area (Å²) in [7, 11) is -1.51. The Morgan fingerprint density at radius 2 is 1.79 bits per heavy atom. The molecule has 162 valence electrons. The van der Waals surface area contributed by atoms with Crippen molar-refractivity contribution in [2.24, 2.45) is 5.41 Å². The van der Waals surface area contributed by atoms with Gasteiger partial charge in [0.1, 0.15) is 11.6 Å². The summed E-state index contributed by atoms with van der Waals surface area (Å²) >= 11 is 6.21. The number of rotatable bonds is 5. The molecular weight excluding hydrogens is 419 g/mol. The summed E-state index contributed by atoms with van der Waals surface area (Å²) in [6.45, 7) is 0. The molecule has 0 bridgehead atoms. The van der Waals surface area contributed by atoms with Crippen LogP contribution in [0.5, 0.6) is 5.75 Å². The summed E-state index contributed by atoms with van der Waals surface area (Å²) < 4.78 is 46.6. The lowest BCUT2D eigenvalue weighted by Crippen LogP contribution is -2.39. The van der Waals surface area contributed by atoms with Gasteiger partial charge in [-0.2, -0.15) is 12.7 Å². The van der Waals surface area contributed by atoms with Crippen molar-refractivity contribution < 1.29 is 22.3 Å². The van der Waals surface area contributed by atoms with Gasteiger partial charge in [0.05, 0.1) is 16.7 Å². The van der Waals surface area contributed by atoms with E-state index in [9.17, 15) is 17.6 Å². The molecule has 1 aromatic rings. The van der Waals surface area contributed by atoms with Crippen LogP contribution in [0.25, 0.3) is 0 Å². The van der Waals surface area contributed by atoms with Crippen molar-refractivity contribution in [2.75, 3.05) is 14.1 Å². The molecule has 6 nitrogen and oxygen atoms in total. The average Bonchev–Trinajstić information content (AvgIpc) is 2.66.